The summed E-state index contributed by atoms with van der Waals surface area (Å²) in [7, 11) is 0. The van der Waals surface area contributed by atoms with Crippen LogP contribution in [0.25, 0.3) is 0 Å². The summed E-state index contributed by atoms with van der Waals surface area (Å²) in [5.41, 5.74) is 2.18. The van der Waals surface area contributed by atoms with E-state index in [9.17, 15) is 19.7 Å². The first kappa shape index (κ1) is 22.2. The lowest BCUT2D eigenvalue weighted by Crippen LogP contribution is -2.13. The first-order valence-electron chi connectivity index (χ1n) is 9.57. The first-order valence-corrected chi connectivity index (χ1v) is 9.94. The monoisotopic (exact) mass is 436 g/mol. The predicted molar refractivity (Wildman–Crippen MR) is 121 cm³/mol. The van der Waals surface area contributed by atoms with E-state index in [1.165, 1.54) is 12.1 Å². The molecule has 0 aliphatic rings. The second-order valence-corrected chi connectivity index (χ2v) is 8.52. The molecule has 6 nitrogen and oxygen atoms in total. The number of non-ortho nitro benzene ring substituents is 1. The van der Waals surface area contributed by atoms with Gasteiger partial charge in [0.1, 0.15) is 0 Å². The molecule has 158 valence electrons. The third-order valence-corrected chi connectivity index (χ3v) is 5.13. The average molecular weight is 437 g/mol. The molecule has 0 bridgehead atoms. The summed E-state index contributed by atoms with van der Waals surface area (Å²) in [4.78, 5) is 35.8. The zero-order chi connectivity index (χ0) is 22.8. The Bertz CT molecular complexity index is 1160. The van der Waals surface area contributed by atoms with Gasteiger partial charge in [0, 0.05) is 28.9 Å². The van der Waals surface area contributed by atoms with Crippen molar-refractivity contribution >= 4 is 34.7 Å². The lowest BCUT2D eigenvalue weighted by Gasteiger charge is -2.19. The lowest BCUT2D eigenvalue weighted by molar-refractivity contribution is -0.384. The smallest absolute Gasteiger partial charge is 0.270 e. The van der Waals surface area contributed by atoms with E-state index in [2.05, 4.69) is 26.1 Å². The highest BCUT2D eigenvalue weighted by molar-refractivity contribution is 6.34. The molecule has 0 saturated heterocycles. The molecule has 0 fully saturated rings. The van der Waals surface area contributed by atoms with Crippen molar-refractivity contribution in [2.75, 3.05) is 5.32 Å². The predicted octanol–water partition coefficient (Wildman–Crippen LogP) is 6.03. The van der Waals surface area contributed by atoms with Crippen LogP contribution in [0.1, 0.15) is 52.6 Å². The van der Waals surface area contributed by atoms with E-state index in [0.29, 0.717) is 16.8 Å². The molecule has 0 spiro atoms. The molecule has 0 heterocycles. The Morgan fingerprint density at radius 3 is 2.23 bits per heavy atom. The number of halogens is 1. The number of nitrogens with zero attached hydrogens (tertiary/aromatic N) is 1. The van der Waals surface area contributed by atoms with Gasteiger partial charge >= 0.3 is 0 Å². The number of amides is 1. The van der Waals surface area contributed by atoms with Crippen molar-refractivity contribution in [3.05, 3.63) is 104 Å². The Hall–Kier alpha value is -3.51. The van der Waals surface area contributed by atoms with Gasteiger partial charge in [0.05, 0.1) is 15.5 Å². The first-order chi connectivity index (χ1) is 14.6. The Balaban J connectivity index is 1.82. The van der Waals surface area contributed by atoms with Crippen LogP contribution < -0.4 is 5.32 Å². The topological polar surface area (TPSA) is 89.3 Å². The van der Waals surface area contributed by atoms with Crippen LogP contribution in [0.4, 0.5) is 11.4 Å². The molecule has 0 unspecified atom stereocenters. The fraction of sp³-hybridized carbons (Fsp3) is 0.167. The molecule has 1 N–H and O–H groups in total. The van der Waals surface area contributed by atoms with Crippen LogP contribution in [0.5, 0.6) is 0 Å². The number of benzene rings is 3. The van der Waals surface area contributed by atoms with Crippen molar-refractivity contribution in [3.63, 3.8) is 0 Å². The minimum atomic E-state index is -0.604. The fourth-order valence-electron chi connectivity index (χ4n) is 3.03. The van der Waals surface area contributed by atoms with Gasteiger partial charge in [0.25, 0.3) is 11.6 Å². The third-order valence-electron chi connectivity index (χ3n) is 4.80. The van der Waals surface area contributed by atoms with Gasteiger partial charge in [-0.25, -0.2) is 0 Å². The van der Waals surface area contributed by atoms with E-state index in [4.69, 9.17) is 11.6 Å². The van der Waals surface area contributed by atoms with Crippen LogP contribution in [-0.4, -0.2) is 16.6 Å². The van der Waals surface area contributed by atoms with Gasteiger partial charge in [0.2, 0.25) is 0 Å². The number of anilines is 1. The highest BCUT2D eigenvalue weighted by Crippen LogP contribution is 2.25. The maximum absolute atomic E-state index is 12.9. The summed E-state index contributed by atoms with van der Waals surface area (Å²) >= 11 is 6.03. The van der Waals surface area contributed by atoms with Crippen molar-refractivity contribution in [1.82, 2.24) is 0 Å². The van der Waals surface area contributed by atoms with Crippen LogP contribution in [0.2, 0.25) is 5.02 Å². The van der Waals surface area contributed by atoms with Gasteiger partial charge in [-0.1, -0.05) is 68.8 Å². The number of carbonyl (C=O) groups is 2. The van der Waals surface area contributed by atoms with Gasteiger partial charge in [-0.3, -0.25) is 19.7 Å². The van der Waals surface area contributed by atoms with Crippen molar-refractivity contribution in [2.45, 2.75) is 26.2 Å². The minimum absolute atomic E-state index is 0.0143. The van der Waals surface area contributed by atoms with E-state index < -0.39 is 10.8 Å². The average Bonchev–Trinajstić information content (AvgIpc) is 2.73. The Kier molecular flexibility index (Phi) is 6.22. The summed E-state index contributed by atoms with van der Waals surface area (Å²) in [5.74, 6) is -0.780. The summed E-state index contributed by atoms with van der Waals surface area (Å²) in [6.45, 7) is 6.30. The summed E-state index contributed by atoms with van der Waals surface area (Å²) in [6.07, 6.45) is 0. The standard InChI is InChI=1S/C24H21ClN2O4/c1-24(2,3)17-9-7-15(8-10-17)22(28)16-5-4-6-18(13-16)26-23(29)20-14-19(27(30)31)11-12-21(20)25/h4-14H,1-3H3,(H,26,29). The van der Waals surface area contributed by atoms with E-state index in [0.717, 1.165) is 11.6 Å². The number of rotatable bonds is 5. The Morgan fingerprint density at radius 2 is 1.61 bits per heavy atom. The summed E-state index contributed by atoms with van der Waals surface area (Å²) in [5, 5.41) is 13.7. The SMILES string of the molecule is CC(C)(C)c1ccc(C(=O)c2cccc(NC(=O)c3cc([N+](=O)[O-])ccc3Cl)c2)cc1. The second kappa shape index (κ2) is 8.70. The van der Waals surface area contributed by atoms with Gasteiger partial charge in [0.15, 0.2) is 5.78 Å². The molecule has 1 amide bonds. The van der Waals surface area contributed by atoms with Crippen molar-refractivity contribution in [3.8, 4) is 0 Å². The minimum Gasteiger partial charge on any atom is -0.322 e. The molecule has 7 heteroatoms. The van der Waals surface area contributed by atoms with Gasteiger partial charge in [-0.15, -0.1) is 0 Å². The largest absolute Gasteiger partial charge is 0.322 e. The quantitative estimate of drug-likeness (QED) is 0.300. The highest BCUT2D eigenvalue weighted by Gasteiger charge is 2.18. The molecule has 3 rings (SSSR count). The van der Waals surface area contributed by atoms with Crippen LogP contribution >= 0.6 is 11.6 Å². The van der Waals surface area contributed by atoms with E-state index in [1.807, 2.05) is 12.1 Å². The number of nitro groups is 1. The number of nitrogens with one attached hydrogen (secondary N) is 1. The number of carbonyl (C=O) groups excluding carboxylic acids is 2. The summed E-state index contributed by atoms with van der Waals surface area (Å²) in [6, 6.07) is 17.6. The molecular weight excluding hydrogens is 416 g/mol. The number of nitro benzene ring substituents is 1. The molecule has 0 radical (unpaired) electrons. The lowest BCUT2D eigenvalue weighted by atomic mass is 9.86. The molecule has 3 aromatic carbocycles. The molecule has 0 atom stereocenters. The summed E-state index contributed by atoms with van der Waals surface area (Å²) < 4.78 is 0. The van der Waals surface area contributed by atoms with E-state index in [1.54, 1.807) is 36.4 Å². The molecule has 0 aromatic heterocycles. The molecular formula is C24H21ClN2O4. The third kappa shape index (κ3) is 5.16. The van der Waals surface area contributed by atoms with Crippen molar-refractivity contribution in [1.29, 1.82) is 0 Å². The highest BCUT2D eigenvalue weighted by atomic mass is 35.5. The van der Waals surface area contributed by atoms with Gasteiger partial charge in [-0.05, 0) is 29.2 Å². The maximum Gasteiger partial charge on any atom is 0.270 e. The van der Waals surface area contributed by atoms with Crippen molar-refractivity contribution < 1.29 is 14.5 Å². The second-order valence-electron chi connectivity index (χ2n) is 8.11. The number of ketones is 1. The van der Waals surface area contributed by atoms with Crippen molar-refractivity contribution in [2.24, 2.45) is 0 Å². The zero-order valence-corrected chi connectivity index (χ0v) is 18.1. The number of hydrogen-bond acceptors (Lipinski definition) is 4. The van der Waals surface area contributed by atoms with Crippen LogP contribution in [0.15, 0.2) is 66.7 Å². The molecule has 3 aromatic rings. The van der Waals surface area contributed by atoms with Crippen LogP contribution in [-0.2, 0) is 5.41 Å². The number of hydrogen-bond donors (Lipinski definition) is 1. The van der Waals surface area contributed by atoms with Gasteiger partial charge in [-0.2, -0.15) is 0 Å². The maximum atomic E-state index is 12.9. The molecule has 31 heavy (non-hydrogen) atoms. The molecule has 0 aliphatic carbocycles. The zero-order valence-electron chi connectivity index (χ0n) is 17.3. The Labute approximate surface area is 185 Å². The Morgan fingerprint density at radius 1 is 0.935 bits per heavy atom. The van der Waals surface area contributed by atoms with E-state index in [-0.39, 0.29) is 27.5 Å². The molecule has 0 aliphatic heterocycles. The normalized spacial score (nSPS) is 11.1. The fourth-order valence-corrected chi connectivity index (χ4v) is 3.23. The molecule has 0 saturated carbocycles. The van der Waals surface area contributed by atoms with Crippen LogP contribution in [0, 0.1) is 10.1 Å². The van der Waals surface area contributed by atoms with Gasteiger partial charge < -0.3 is 5.32 Å². The van der Waals surface area contributed by atoms with E-state index >= 15 is 0 Å². The van der Waals surface area contributed by atoms with Crippen LogP contribution in [0.3, 0.4) is 0 Å².